The molecule has 82 valence electrons. The van der Waals surface area contributed by atoms with Crippen molar-refractivity contribution >= 4 is 0 Å². The van der Waals surface area contributed by atoms with Crippen molar-refractivity contribution < 1.29 is 0 Å². The molecule has 0 heterocycles. The second kappa shape index (κ2) is 3.66. The van der Waals surface area contributed by atoms with Crippen molar-refractivity contribution in [3.05, 3.63) is 34.9 Å². The summed E-state index contributed by atoms with van der Waals surface area (Å²) < 4.78 is 0. The maximum absolute atomic E-state index is 2.41. The molecule has 1 aliphatic rings. The highest BCUT2D eigenvalue weighted by Crippen LogP contribution is 2.47. The Labute approximate surface area is 93.7 Å². The van der Waals surface area contributed by atoms with Gasteiger partial charge in [0.15, 0.2) is 0 Å². The van der Waals surface area contributed by atoms with E-state index >= 15 is 0 Å². The van der Waals surface area contributed by atoms with E-state index in [1.54, 1.807) is 11.1 Å². The van der Waals surface area contributed by atoms with Gasteiger partial charge in [-0.15, -0.1) is 0 Å². The molecule has 0 N–H and O–H groups in total. The number of fused-ring (bicyclic) bond motifs is 1. The van der Waals surface area contributed by atoms with Crippen molar-refractivity contribution in [2.75, 3.05) is 0 Å². The van der Waals surface area contributed by atoms with Crippen LogP contribution in [0.4, 0.5) is 0 Å². The standard InChI is InChI=1S/C15H22/c1-5-6-12-10-15(3,4)14-8-7-11(2)9-13(12)14/h7-9,12H,5-6,10H2,1-4H3/t12-/m1/s1. The molecule has 2 rings (SSSR count). The highest BCUT2D eigenvalue weighted by molar-refractivity contribution is 5.43. The highest BCUT2D eigenvalue weighted by Gasteiger charge is 2.35. The Bertz CT molecular complexity index is 360. The summed E-state index contributed by atoms with van der Waals surface area (Å²) in [7, 11) is 0. The Kier molecular flexibility index (Phi) is 2.62. The van der Waals surface area contributed by atoms with Crippen LogP contribution in [0.3, 0.4) is 0 Å². The molecule has 0 nitrogen and oxygen atoms in total. The van der Waals surface area contributed by atoms with Gasteiger partial charge in [0, 0.05) is 0 Å². The third kappa shape index (κ3) is 1.82. The average Bonchev–Trinajstić information content (AvgIpc) is 2.39. The molecule has 0 amide bonds. The van der Waals surface area contributed by atoms with Gasteiger partial charge >= 0.3 is 0 Å². The summed E-state index contributed by atoms with van der Waals surface area (Å²) in [6.45, 7) is 9.27. The predicted octanol–water partition coefficient (Wildman–Crippen LogP) is 4.56. The number of benzene rings is 1. The van der Waals surface area contributed by atoms with Gasteiger partial charge in [0.25, 0.3) is 0 Å². The van der Waals surface area contributed by atoms with Crippen LogP contribution in [0.15, 0.2) is 18.2 Å². The summed E-state index contributed by atoms with van der Waals surface area (Å²) in [4.78, 5) is 0. The summed E-state index contributed by atoms with van der Waals surface area (Å²) in [5.41, 5.74) is 5.02. The van der Waals surface area contributed by atoms with Gasteiger partial charge in [-0.3, -0.25) is 0 Å². The minimum Gasteiger partial charge on any atom is -0.0654 e. The third-order valence-electron chi connectivity index (χ3n) is 3.77. The smallest absolute Gasteiger partial charge is 0.00949 e. The van der Waals surface area contributed by atoms with Crippen LogP contribution in [0.1, 0.15) is 62.6 Å². The zero-order valence-corrected chi connectivity index (χ0v) is 10.4. The van der Waals surface area contributed by atoms with Crippen LogP contribution >= 0.6 is 0 Å². The van der Waals surface area contributed by atoms with E-state index in [1.165, 1.54) is 24.8 Å². The number of rotatable bonds is 2. The number of aryl methyl sites for hydroxylation is 1. The molecule has 1 atom stereocenters. The van der Waals surface area contributed by atoms with E-state index in [2.05, 4.69) is 45.9 Å². The molecule has 1 aromatic rings. The zero-order valence-electron chi connectivity index (χ0n) is 10.4. The lowest BCUT2D eigenvalue weighted by molar-refractivity contribution is 0.458. The van der Waals surface area contributed by atoms with Gasteiger partial charge in [-0.25, -0.2) is 0 Å². The van der Waals surface area contributed by atoms with Crippen molar-refractivity contribution in [1.29, 1.82) is 0 Å². The van der Waals surface area contributed by atoms with Crippen molar-refractivity contribution in [1.82, 2.24) is 0 Å². The molecule has 0 spiro atoms. The topological polar surface area (TPSA) is 0 Å². The second-order valence-electron chi connectivity index (χ2n) is 5.66. The lowest BCUT2D eigenvalue weighted by atomic mass is 9.85. The van der Waals surface area contributed by atoms with Crippen LogP contribution in [-0.2, 0) is 5.41 Å². The molecule has 0 aromatic heterocycles. The fourth-order valence-corrected chi connectivity index (χ4v) is 3.08. The summed E-state index contributed by atoms with van der Waals surface area (Å²) in [6, 6.07) is 7.01. The molecule has 0 saturated heterocycles. The van der Waals surface area contributed by atoms with Crippen molar-refractivity contribution in [3.63, 3.8) is 0 Å². The Balaban J connectivity index is 2.44. The molecule has 0 bridgehead atoms. The normalized spacial score (nSPS) is 22.8. The summed E-state index contributed by atoms with van der Waals surface area (Å²) in [5.74, 6) is 0.805. The van der Waals surface area contributed by atoms with Crippen LogP contribution in [0.25, 0.3) is 0 Å². The first kappa shape index (κ1) is 10.7. The molecule has 0 heteroatoms. The van der Waals surface area contributed by atoms with E-state index in [-0.39, 0.29) is 0 Å². The van der Waals surface area contributed by atoms with E-state index in [1.807, 2.05) is 0 Å². The molecule has 0 radical (unpaired) electrons. The lowest BCUT2D eigenvalue weighted by Crippen LogP contribution is -2.12. The summed E-state index contributed by atoms with van der Waals surface area (Å²) in [5, 5.41) is 0. The van der Waals surface area contributed by atoms with Gasteiger partial charge in [0.1, 0.15) is 0 Å². The fraction of sp³-hybridized carbons (Fsp3) is 0.600. The molecule has 1 aromatic carbocycles. The molecular formula is C15H22. The maximum atomic E-state index is 2.41. The first-order valence-corrected chi connectivity index (χ1v) is 6.15. The predicted molar refractivity (Wildman–Crippen MR) is 66.5 cm³/mol. The fourth-order valence-electron chi connectivity index (χ4n) is 3.08. The Morgan fingerprint density at radius 2 is 2.07 bits per heavy atom. The molecule has 0 aliphatic heterocycles. The number of hydrogen-bond donors (Lipinski definition) is 0. The van der Waals surface area contributed by atoms with Crippen LogP contribution in [0, 0.1) is 6.92 Å². The minimum absolute atomic E-state index is 0.392. The molecule has 0 saturated carbocycles. The third-order valence-corrected chi connectivity index (χ3v) is 3.77. The zero-order chi connectivity index (χ0) is 11.1. The minimum atomic E-state index is 0.392. The SMILES string of the molecule is CCC[C@@H]1CC(C)(C)c2ccc(C)cc21. The molecule has 15 heavy (non-hydrogen) atoms. The van der Waals surface area contributed by atoms with Crippen LogP contribution in [0.2, 0.25) is 0 Å². The van der Waals surface area contributed by atoms with E-state index in [4.69, 9.17) is 0 Å². The Morgan fingerprint density at radius 1 is 1.33 bits per heavy atom. The number of hydrogen-bond acceptors (Lipinski definition) is 0. The van der Waals surface area contributed by atoms with E-state index < -0.39 is 0 Å². The van der Waals surface area contributed by atoms with Gasteiger partial charge < -0.3 is 0 Å². The summed E-state index contributed by atoms with van der Waals surface area (Å²) in [6.07, 6.45) is 3.98. The largest absolute Gasteiger partial charge is 0.0654 e. The van der Waals surface area contributed by atoms with Crippen LogP contribution in [-0.4, -0.2) is 0 Å². The monoisotopic (exact) mass is 202 g/mol. The van der Waals surface area contributed by atoms with Crippen molar-refractivity contribution in [3.8, 4) is 0 Å². The van der Waals surface area contributed by atoms with Crippen LogP contribution < -0.4 is 0 Å². The first-order valence-electron chi connectivity index (χ1n) is 6.15. The van der Waals surface area contributed by atoms with E-state index in [0.717, 1.165) is 5.92 Å². The average molecular weight is 202 g/mol. The first-order chi connectivity index (χ1) is 7.04. The van der Waals surface area contributed by atoms with Crippen LogP contribution in [0.5, 0.6) is 0 Å². The highest BCUT2D eigenvalue weighted by atomic mass is 14.4. The Morgan fingerprint density at radius 3 is 2.73 bits per heavy atom. The lowest BCUT2D eigenvalue weighted by Gasteiger charge is -2.19. The molecule has 1 aliphatic carbocycles. The Hall–Kier alpha value is -0.780. The second-order valence-corrected chi connectivity index (χ2v) is 5.66. The maximum Gasteiger partial charge on any atom is -0.00949 e. The van der Waals surface area contributed by atoms with Crippen molar-refractivity contribution in [2.24, 2.45) is 0 Å². The molecule has 0 fully saturated rings. The quantitative estimate of drug-likeness (QED) is 0.659. The van der Waals surface area contributed by atoms with Gasteiger partial charge in [-0.05, 0) is 42.2 Å². The molecule has 0 unspecified atom stereocenters. The van der Waals surface area contributed by atoms with Gasteiger partial charge in [-0.1, -0.05) is 51.0 Å². The van der Waals surface area contributed by atoms with Gasteiger partial charge in [0.2, 0.25) is 0 Å². The van der Waals surface area contributed by atoms with E-state index in [0.29, 0.717) is 5.41 Å². The summed E-state index contributed by atoms with van der Waals surface area (Å²) >= 11 is 0. The molecular weight excluding hydrogens is 180 g/mol. The van der Waals surface area contributed by atoms with E-state index in [9.17, 15) is 0 Å². The van der Waals surface area contributed by atoms with Gasteiger partial charge in [0.05, 0.1) is 0 Å². The van der Waals surface area contributed by atoms with Gasteiger partial charge in [-0.2, -0.15) is 0 Å². The van der Waals surface area contributed by atoms with Crippen molar-refractivity contribution in [2.45, 2.75) is 58.3 Å².